The van der Waals surface area contributed by atoms with Gasteiger partial charge in [-0.15, -0.1) is 0 Å². The summed E-state index contributed by atoms with van der Waals surface area (Å²) in [5.41, 5.74) is -1.96. The maximum Gasteiger partial charge on any atom is 0.340 e. The number of esters is 4. The molecule has 0 aromatic rings. The average molecular weight is 601 g/mol. The monoisotopic (exact) mass is 600 g/mol. The molecule has 234 valence electrons. The lowest BCUT2D eigenvalue weighted by Crippen LogP contribution is -2.69. The zero-order valence-electron chi connectivity index (χ0n) is 25.5. The van der Waals surface area contributed by atoms with E-state index in [-0.39, 0.29) is 17.8 Å². The Labute approximate surface area is 250 Å². The molecule has 0 aromatic heterocycles. The second-order valence-electron chi connectivity index (χ2n) is 13.5. The molecule has 2 bridgehead atoms. The van der Waals surface area contributed by atoms with Gasteiger partial charge in [0.25, 0.3) is 0 Å². The molecule has 43 heavy (non-hydrogen) atoms. The van der Waals surface area contributed by atoms with E-state index in [1.807, 2.05) is 13.0 Å². The molecule has 2 saturated carbocycles. The van der Waals surface area contributed by atoms with Gasteiger partial charge in [-0.1, -0.05) is 45.4 Å². The summed E-state index contributed by atoms with van der Waals surface area (Å²) in [7, 11) is 1.16. The Balaban J connectivity index is 1.68. The van der Waals surface area contributed by atoms with E-state index in [1.54, 1.807) is 40.7 Å². The highest BCUT2D eigenvalue weighted by molar-refractivity contribution is 5.95. The lowest BCUT2D eigenvalue weighted by Gasteiger charge is -2.64. The zero-order chi connectivity index (χ0) is 31.8. The standard InChI is InChI=1S/C32H40O11/c1-8-14(2)27(37)43-25-16-11-15-18(32(6,24(16)36)23(30(25,3)4)22(35)29(39)40-7)9-10-31(5)19(15)13-21(34)41-26(31)17-12-20(33)42-28(17)38/h8,11-12,16,18-20,22-23,25-26,33,35H,9-10,13H2,1-7H3/b14-8+/t16-,18+,19+,20?,22-,23+,25-,26+,31-,32-/m1/s1. The molecule has 0 aromatic carbocycles. The molecule has 10 atom stereocenters. The molecule has 2 aliphatic heterocycles. The molecule has 0 spiro atoms. The van der Waals surface area contributed by atoms with Crippen LogP contribution in [0.1, 0.15) is 60.8 Å². The zero-order valence-corrected chi connectivity index (χ0v) is 25.5. The van der Waals surface area contributed by atoms with Crippen molar-refractivity contribution in [2.45, 2.75) is 85.4 Å². The van der Waals surface area contributed by atoms with Crippen molar-refractivity contribution >= 4 is 29.7 Å². The first-order valence-electron chi connectivity index (χ1n) is 14.7. The van der Waals surface area contributed by atoms with Crippen LogP contribution < -0.4 is 0 Å². The van der Waals surface area contributed by atoms with Crippen molar-refractivity contribution in [3.05, 3.63) is 34.9 Å². The van der Waals surface area contributed by atoms with Crippen LogP contribution in [0.5, 0.6) is 0 Å². The van der Waals surface area contributed by atoms with E-state index in [1.165, 1.54) is 6.08 Å². The van der Waals surface area contributed by atoms with Crippen LogP contribution in [-0.4, -0.2) is 71.6 Å². The largest absolute Gasteiger partial charge is 0.467 e. The fourth-order valence-electron chi connectivity index (χ4n) is 8.85. The molecule has 1 unspecified atom stereocenters. The lowest BCUT2D eigenvalue weighted by atomic mass is 9.40. The van der Waals surface area contributed by atoms with Gasteiger partial charge >= 0.3 is 23.9 Å². The number of Topliss-reactive ketones (excluding diaryl/α,β-unsaturated/α-hetero) is 1. The Hall–Kier alpha value is -3.31. The first kappa shape index (κ1) is 31.1. The molecule has 11 nitrogen and oxygen atoms in total. The molecule has 11 heteroatoms. The molecule has 1 saturated heterocycles. The first-order valence-corrected chi connectivity index (χ1v) is 14.7. The number of rotatable bonds is 5. The smallest absolute Gasteiger partial charge is 0.340 e. The maximum atomic E-state index is 14.5. The van der Waals surface area contributed by atoms with Crippen LogP contribution in [0.15, 0.2) is 34.9 Å². The van der Waals surface area contributed by atoms with E-state index >= 15 is 0 Å². The van der Waals surface area contributed by atoms with Crippen LogP contribution in [0.4, 0.5) is 0 Å². The number of ether oxygens (including phenoxy) is 4. The molecule has 2 heterocycles. The number of carbonyl (C=O) groups excluding carboxylic acids is 5. The van der Waals surface area contributed by atoms with Gasteiger partial charge in [0.15, 0.2) is 6.10 Å². The summed E-state index contributed by atoms with van der Waals surface area (Å²) in [4.78, 5) is 66.1. The predicted molar refractivity (Wildman–Crippen MR) is 148 cm³/mol. The van der Waals surface area contributed by atoms with Gasteiger partial charge in [-0.2, -0.15) is 0 Å². The number of hydrogen-bond donors (Lipinski definition) is 2. The van der Waals surface area contributed by atoms with Crippen molar-refractivity contribution in [3.63, 3.8) is 0 Å². The molecule has 3 aliphatic carbocycles. The van der Waals surface area contributed by atoms with Crippen molar-refractivity contribution in [1.82, 2.24) is 0 Å². The molecular weight excluding hydrogens is 560 g/mol. The third-order valence-electron chi connectivity index (χ3n) is 11.0. The van der Waals surface area contributed by atoms with Crippen LogP contribution in [-0.2, 0) is 42.9 Å². The summed E-state index contributed by atoms with van der Waals surface area (Å²) < 4.78 is 21.6. The van der Waals surface area contributed by atoms with Crippen LogP contribution in [0.2, 0.25) is 0 Å². The fraction of sp³-hybridized carbons (Fsp3) is 0.656. The van der Waals surface area contributed by atoms with Gasteiger partial charge in [-0.05, 0) is 44.6 Å². The van der Waals surface area contributed by atoms with E-state index in [9.17, 15) is 34.2 Å². The molecule has 0 radical (unpaired) electrons. The van der Waals surface area contributed by atoms with Crippen LogP contribution in [0.25, 0.3) is 0 Å². The van der Waals surface area contributed by atoms with Gasteiger partial charge in [-0.25, -0.2) is 14.4 Å². The number of ketones is 1. The van der Waals surface area contributed by atoms with Gasteiger partial charge < -0.3 is 29.2 Å². The Bertz CT molecular complexity index is 1370. The average Bonchev–Trinajstić information content (AvgIpc) is 3.28. The van der Waals surface area contributed by atoms with Crippen LogP contribution in [0, 0.1) is 39.9 Å². The number of cyclic esters (lactones) is 2. The summed E-state index contributed by atoms with van der Waals surface area (Å²) in [6, 6.07) is 0. The quantitative estimate of drug-likeness (QED) is 0.206. The van der Waals surface area contributed by atoms with Gasteiger partial charge in [0.2, 0.25) is 6.29 Å². The third kappa shape index (κ3) is 4.41. The SMILES string of the molecule is C/C=C(\C)C(=O)O[C@@H]1[C@@H]2C=C3[C@@H]4CC(=O)O[C@@H](C5=CC(O)OC5=O)[C@]4(C)CC[C@@H]3[C@@](C)(C2=O)[C@@H]([C@@H](O)C(=O)OC)C1(C)C. The van der Waals surface area contributed by atoms with Crippen molar-refractivity contribution in [2.24, 2.45) is 39.9 Å². The fourth-order valence-corrected chi connectivity index (χ4v) is 8.85. The van der Waals surface area contributed by atoms with Crippen molar-refractivity contribution < 1.29 is 53.1 Å². The number of allylic oxidation sites excluding steroid dienone is 2. The topological polar surface area (TPSA) is 163 Å². The van der Waals surface area contributed by atoms with Crippen molar-refractivity contribution in [3.8, 4) is 0 Å². The molecule has 5 rings (SSSR count). The summed E-state index contributed by atoms with van der Waals surface area (Å²) in [5, 5.41) is 21.4. The summed E-state index contributed by atoms with van der Waals surface area (Å²) in [6.07, 6.45) is 0.327. The summed E-state index contributed by atoms with van der Waals surface area (Å²) in [5.74, 6) is -5.96. The number of carbonyl (C=O) groups is 5. The van der Waals surface area contributed by atoms with Gasteiger partial charge in [0.1, 0.15) is 18.0 Å². The first-order chi connectivity index (χ1) is 20.0. The van der Waals surface area contributed by atoms with Gasteiger partial charge in [0, 0.05) is 27.7 Å². The normalized spacial score (nSPS) is 40.6. The number of aliphatic hydroxyl groups is 2. The molecule has 2 N–H and O–H groups in total. The Kier molecular flexibility index (Phi) is 7.53. The second kappa shape index (κ2) is 10.4. The van der Waals surface area contributed by atoms with Gasteiger partial charge in [-0.3, -0.25) is 9.59 Å². The predicted octanol–water partition coefficient (Wildman–Crippen LogP) is 2.34. The van der Waals surface area contributed by atoms with E-state index in [0.717, 1.165) is 12.7 Å². The minimum Gasteiger partial charge on any atom is -0.467 e. The molecule has 3 fully saturated rings. The summed E-state index contributed by atoms with van der Waals surface area (Å²) >= 11 is 0. The highest BCUT2D eigenvalue weighted by Crippen LogP contribution is 2.67. The third-order valence-corrected chi connectivity index (χ3v) is 11.0. The van der Waals surface area contributed by atoms with Crippen molar-refractivity contribution in [1.29, 1.82) is 0 Å². The number of methoxy groups -OCH3 is 1. The second-order valence-corrected chi connectivity index (χ2v) is 13.5. The minimum atomic E-state index is -1.70. The Morgan fingerprint density at radius 1 is 1.09 bits per heavy atom. The van der Waals surface area contributed by atoms with E-state index in [0.29, 0.717) is 18.4 Å². The van der Waals surface area contributed by atoms with E-state index in [2.05, 4.69) is 0 Å². The highest BCUT2D eigenvalue weighted by Gasteiger charge is 2.71. The van der Waals surface area contributed by atoms with E-state index in [4.69, 9.17) is 18.9 Å². The minimum absolute atomic E-state index is 0.0209. The highest BCUT2D eigenvalue weighted by atomic mass is 16.6. The van der Waals surface area contributed by atoms with Gasteiger partial charge in [0.05, 0.1) is 25.0 Å². The number of aliphatic hydroxyl groups excluding tert-OH is 2. The van der Waals surface area contributed by atoms with E-state index < -0.39 is 88.4 Å². The number of hydrogen-bond acceptors (Lipinski definition) is 11. The molecule has 0 amide bonds. The van der Waals surface area contributed by atoms with Crippen LogP contribution in [0.3, 0.4) is 0 Å². The molecular formula is C32H40O11. The maximum absolute atomic E-state index is 14.5. The molecule has 5 aliphatic rings. The lowest BCUT2D eigenvalue weighted by molar-refractivity contribution is -0.207. The number of fused-ring (bicyclic) bond motifs is 6. The Morgan fingerprint density at radius 2 is 1.77 bits per heavy atom. The van der Waals surface area contributed by atoms with Crippen LogP contribution >= 0.6 is 0 Å². The summed E-state index contributed by atoms with van der Waals surface area (Å²) in [6.45, 7) is 10.5. The Morgan fingerprint density at radius 3 is 2.35 bits per heavy atom. The van der Waals surface area contributed by atoms with Crippen molar-refractivity contribution in [2.75, 3.05) is 7.11 Å².